The Balaban J connectivity index is 1.36. The summed E-state index contributed by atoms with van der Waals surface area (Å²) in [4.78, 5) is 21.2. The number of carbonyl (C=O) groups excluding carboxylic acids is 1. The molecule has 5 aromatic rings. The predicted octanol–water partition coefficient (Wildman–Crippen LogP) is 5.06. The Labute approximate surface area is 230 Å². The monoisotopic (exact) mass is 533 g/mol. The second-order valence-electron chi connectivity index (χ2n) is 10.00. The summed E-state index contributed by atoms with van der Waals surface area (Å²) in [7, 11) is 0. The van der Waals surface area contributed by atoms with Gasteiger partial charge in [-0.15, -0.1) is 10.2 Å². The van der Waals surface area contributed by atoms with E-state index in [1.165, 1.54) is 0 Å². The van der Waals surface area contributed by atoms with E-state index in [0.29, 0.717) is 28.3 Å². The van der Waals surface area contributed by atoms with Crippen molar-refractivity contribution in [1.82, 2.24) is 25.5 Å². The average Bonchev–Trinajstić information content (AvgIpc) is 3.55. The molecule has 2 aromatic carbocycles. The highest BCUT2D eigenvalue weighted by Gasteiger charge is 2.35. The minimum Gasteiger partial charge on any atom is -0.414 e. The van der Waals surface area contributed by atoms with Crippen molar-refractivity contribution in [2.24, 2.45) is 0 Å². The van der Waals surface area contributed by atoms with Crippen LogP contribution in [0.25, 0.3) is 23.0 Å². The number of nitrogens with one attached hydrogen (secondary N) is 3. The smallest absolute Gasteiger partial charge is 0.266 e. The van der Waals surface area contributed by atoms with Crippen LogP contribution in [-0.2, 0) is 5.54 Å². The van der Waals surface area contributed by atoms with Gasteiger partial charge in [0.2, 0.25) is 0 Å². The summed E-state index contributed by atoms with van der Waals surface area (Å²) >= 11 is 0. The van der Waals surface area contributed by atoms with Gasteiger partial charge in [0, 0.05) is 29.7 Å². The van der Waals surface area contributed by atoms with Crippen LogP contribution in [0.15, 0.2) is 89.6 Å². The third-order valence-corrected chi connectivity index (χ3v) is 6.79. The van der Waals surface area contributed by atoms with Crippen LogP contribution >= 0.6 is 0 Å². The van der Waals surface area contributed by atoms with Crippen LogP contribution in [0.2, 0.25) is 0 Å². The molecule has 4 N–H and O–H groups in total. The Bertz CT molecular complexity index is 1670. The fourth-order valence-electron chi connectivity index (χ4n) is 4.75. The van der Waals surface area contributed by atoms with Crippen molar-refractivity contribution in [3.63, 3.8) is 0 Å². The Kier molecular flexibility index (Phi) is 6.45. The lowest BCUT2D eigenvalue weighted by atomic mass is 9.94. The van der Waals surface area contributed by atoms with E-state index in [4.69, 9.17) is 4.42 Å². The van der Waals surface area contributed by atoms with Crippen molar-refractivity contribution < 1.29 is 14.3 Å². The molecule has 0 radical (unpaired) electrons. The van der Waals surface area contributed by atoms with E-state index in [1.807, 2.05) is 80.6 Å². The summed E-state index contributed by atoms with van der Waals surface area (Å²) in [6.07, 6.45) is 3.30. The fraction of sp³-hybridized carbons (Fsp3) is 0.167. The number of aliphatic hydroxyl groups is 1. The van der Waals surface area contributed by atoms with Crippen LogP contribution < -0.4 is 16.0 Å². The first-order chi connectivity index (χ1) is 19.4. The van der Waals surface area contributed by atoms with Crippen LogP contribution in [0, 0.1) is 0 Å². The molecule has 0 unspecified atom stereocenters. The summed E-state index contributed by atoms with van der Waals surface area (Å²) < 4.78 is 5.97. The zero-order chi connectivity index (χ0) is 27.7. The second kappa shape index (κ2) is 10.2. The minimum atomic E-state index is -0.471. The lowest BCUT2D eigenvalue weighted by Crippen LogP contribution is -2.32. The predicted molar refractivity (Wildman–Crippen MR) is 151 cm³/mol. The third kappa shape index (κ3) is 4.87. The van der Waals surface area contributed by atoms with Gasteiger partial charge in [0.15, 0.2) is 0 Å². The molecule has 1 amide bonds. The van der Waals surface area contributed by atoms with Gasteiger partial charge >= 0.3 is 0 Å². The van der Waals surface area contributed by atoms with Crippen molar-refractivity contribution in [2.45, 2.75) is 25.4 Å². The van der Waals surface area contributed by atoms with Gasteiger partial charge in [0.1, 0.15) is 11.5 Å². The first-order valence-corrected chi connectivity index (χ1v) is 12.8. The molecular weight excluding hydrogens is 506 g/mol. The van der Waals surface area contributed by atoms with E-state index in [1.54, 1.807) is 18.5 Å². The maximum Gasteiger partial charge on any atom is 0.266 e. The number of carbonyl (C=O) groups is 1. The molecule has 0 saturated heterocycles. The van der Waals surface area contributed by atoms with Gasteiger partial charge in [-0.25, -0.2) is 4.98 Å². The topological polar surface area (TPSA) is 138 Å². The molecule has 6 rings (SSSR count). The van der Waals surface area contributed by atoms with E-state index in [2.05, 4.69) is 36.1 Å². The van der Waals surface area contributed by atoms with E-state index in [-0.39, 0.29) is 24.3 Å². The molecule has 3 aromatic heterocycles. The van der Waals surface area contributed by atoms with E-state index >= 15 is 0 Å². The molecule has 4 heterocycles. The normalized spacial score (nSPS) is 14.3. The average molecular weight is 534 g/mol. The highest BCUT2D eigenvalue weighted by atomic mass is 16.4. The van der Waals surface area contributed by atoms with Crippen molar-refractivity contribution in [2.75, 3.05) is 17.2 Å². The second-order valence-corrected chi connectivity index (χ2v) is 10.00. The molecule has 0 saturated carbocycles. The molecule has 0 spiro atoms. The molecule has 1 atom stereocenters. The van der Waals surface area contributed by atoms with Crippen LogP contribution in [-0.4, -0.2) is 37.8 Å². The Hall–Kier alpha value is -5.09. The van der Waals surface area contributed by atoms with Crippen LogP contribution in [0.5, 0.6) is 0 Å². The number of aromatic nitrogens is 4. The largest absolute Gasteiger partial charge is 0.414 e. The maximum atomic E-state index is 12.3. The summed E-state index contributed by atoms with van der Waals surface area (Å²) in [5.41, 5.74) is 4.57. The van der Waals surface area contributed by atoms with Gasteiger partial charge in [-0.1, -0.05) is 36.4 Å². The molecule has 0 fully saturated rings. The Morgan fingerprint density at radius 2 is 1.75 bits per heavy atom. The van der Waals surface area contributed by atoms with Gasteiger partial charge in [-0.3, -0.25) is 9.78 Å². The van der Waals surface area contributed by atoms with Crippen molar-refractivity contribution in [1.29, 1.82) is 0 Å². The molecule has 40 heavy (non-hydrogen) atoms. The lowest BCUT2D eigenvalue weighted by molar-refractivity contribution is 0.0940. The van der Waals surface area contributed by atoms with Crippen molar-refractivity contribution >= 4 is 23.1 Å². The van der Waals surface area contributed by atoms with Gasteiger partial charge in [-0.2, -0.15) is 0 Å². The van der Waals surface area contributed by atoms with Crippen molar-refractivity contribution in [3.05, 3.63) is 102 Å². The number of hydrogen-bond donors (Lipinski definition) is 4. The molecule has 10 nitrogen and oxygen atoms in total. The highest BCUT2D eigenvalue weighted by molar-refractivity contribution is 6.00. The van der Waals surface area contributed by atoms with Crippen molar-refractivity contribution in [3.8, 4) is 23.0 Å². The third-order valence-electron chi connectivity index (χ3n) is 6.79. The van der Waals surface area contributed by atoms with Gasteiger partial charge in [-0.05, 0) is 55.3 Å². The Morgan fingerprint density at radius 3 is 2.52 bits per heavy atom. The summed E-state index contributed by atoms with van der Waals surface area (Å²) in [5.74, 6) is 1.02. The molecule has 200 valence electrons. The number of nitrogens with zero attached hydrogens (tertiary/aromatic N) is 4. The Morgan fingerprint density at radius 1 is 0.950 bits per heavy atom. The molecule has 1 aliphatic rings. The van der Waals surface area contributed by atoms with E-state index in [9.17, 15) is 9.90 Å². The number of hydrogen-bond acceptors (Lipinski definition) is 9. The van der Waals surface area contributed by atoms with E-state index < -0.39 is 11.6 Å². The minimum absolute atomic E-state index is 0.0823. The number of rotatable bonds is 8. The van der Waals surface area contributed by atoms with Gasteiger partial charge in [0.05, 0.1) is 29.4 Å². The SMILES string of the molecule is CC1(C)NC(=O)c2ccc(Nc3cc(N[C@H](CO)c4ccccc4)c(-c4nnc(-c5ccccn5)o4)cn3)cc21. The van der Waals surface area contributed by atoms with Crippen LogP contribution in [0.1, 0.15) is 41.4 Å². The maximum absolute atomic E-state index is 12.3. The summed E-state index contributed by atoms with van der Waals surface area (Å²) in [5, 5.41) is 28.4. The number of benzene rings is 2. The van der Waals surface area contributed by atoms with Gasteiger partial charge < -0.3 is 25.5 Å². The first-order valence-electron chi connectivity index (χ1n) is 12.8. The standard InChI is InChI=1S/C30H27N7O3/c1-30(2)22-14-19(11-12-20(22)27(39)35-30)33-26-15-24(34-25(17-38)18-8-4-3-5-9-18)21(16-32-26)28-36-37-29(40-28)23-10-6-7-13-31-23/h3-16,25,38H,17H2,1-2H3,(H,35,39)(H2,32,33,34)/t25-/m1/s1. The summed E-state index contributed by atoms with van der Waals surface area (Å²) in [6, 6.07) is 22.2. The molecule has 1 aliphatic heterocycles. The quantitative estimate of drug-likeness (QED) is 0.216. The first kappa shape index (κ1) is 25.2. The number of amides is 1. The zero-order valence-corrected chi connectivity index (χ0v) is 21.9. The van der Waals surface area contributed by atoms with Crippen LogP contribution in [0.3, 0.4) is 0 Å². The van der Waals surface area contributed by atoms with E-state index in [0.717, 1.165) is 16.8 Å². The number of aliphatic hydroxyl groups excluding tert-OH is 1. The molecule has 0 aliphatic carbocycles. The number of fused-ring (bicyclic) bond motifs is 1. The van der Waals surface area contributed by atoms with Crippen LogP contribution in [0.4, 0.5) is 17.2 Å². The van der Waals surface area contributed by atoms with Gasteiger partial charge in [0.25, 0.3) is 17.7 Å². The fourth-order valence-corrected chi connectivity index (χ4v) is 4.75. The lowest BCUT2D eigenvalue weighted by Gasteiger charge is -2.21. The summed E-state index contributed by atoms with van der Waals surface area (Å²) in [6.45, 7) is 3.80. The zero-order valence-electron chi connectivity index (χ0n) is 21.9. The highest BCUT2D eigenvalue weighted by Crippen LogP contribution is 2.35. The molecular formula is C30H27N7O3. The molecule has 10 heteroatoms. The number of pyridine rings is 2. The molecule has 0 bridgehead atoms. The number of anilines is 3.